The molecule has 1 amide bonds. The number of nitriles is 1. The number of amides is 1. The number of fused-ring (bicyclic) bond motifs is 1. The molecule has 0 saturated carbocycles. The number of carbonyl (C=O) groups is 1. The van der Waals surface area contributed by atoms with Crippen LogP contribution in [0.3, 0.4) is 0 Å². The van der Waals surface area contributed by atoms with Crippen molar-refractivity contribution in [1.82, 2.24) is 4.98 Å². The van der Waals surface area contributed by atoms with Gasteiger partial charge in [-0.3, -0.25) is 14.8 Å². The Hall–Kier alpha value is -4.96. The van der Waals surface area contributed by atoms with Crippen molar-refractivity contribution in [1.29, 1.82) is 5.26 Å². The van der Waals surface area contributed by atoms with Crippen molar-refractivity contribution in [3.05, 3.63) is 101 Å². The summed E-state index contributed by atoms with van der Waals surface area (Å²) < 4.78 is 0. The predicted molar refractivity (Wildman–Crippen MR) is 152 cm³/mol. The number of hydrogen-bond donors (Lipinski definition) is 3. The number of aryl methyl sites for hydroxylation is 1. The van der Waals surface area contributed by atoms with Crippen LogP contribution in [0.4, 0.5) is 22.7 Å². The molecule has 0 spiro atoms. The number of nitrogens with zero attached hydrogens (tertiary/aromatic N) is 3. The molecule has 1 heterocycles. The third-order valence-corrected chi connectivity index (χ3v) is 5.88. The Balaban J connectivity index is 1.46. The Morgan fingerprint density at radius 3 is 2.43 bits per heavy atom. The summed E-state index contributed by atoms with van der Waals surface area (Å²) >= 11 is 0. The monoisotopic (exact) mass is 488 g/mol. The van der Waals surface area contributed by atoms with E-state index < -0.39 is 0 Å². The van der Waals surface area contributed by atoms with Crippen molar-refractivity contribution >= 4 is 45.8 Å². The van der Waals surface area contributed by atoms with Gasteiger partial charge in [0, 0.05) is 58.9 Å². The molecule has 37 heavy (non-hydrogen) atoms. The molecule has 0 atom stereocenters. The van der Waals surface area contributed by atoms with Gasteiger partial charge in [0.05, 0.1) is 17.1 Å². The quantitative estimate of drug-likeness (QED) is 0.236. The Morgan fingerprint density at radius 1 is 1.00 bits per heavy atom. The summed E-state index contributed by atoms with van der Waals surface area (Å²) in [6, 6.07) is 22.6. The van der Waals surface area contributed by atoms with Crippen LogP contribution >= 0.6 is 0 Å². The molecule has 7 nitrogen and oxygen atoms in total. The molecule has 0 saturated heterocycles. The molecule has 3 N–H and O–H groups in total. The molecule has 4 aromatic rings. The highest BCUT2D eigenvalue weighted by Crippen LogP contribution is 2.28. The van der Waals surface area contributed by atoms with Crippen LogP contribution in [0.5, 0.6) is 0 Å². The van der Waals surface area contributed by atoms with Crippen molar-refractivity contribution in [3.63, 3.8) is 0 Å². The maximum absolute atomic E-state index is 12.9. The molecule has 0 fully saturated rings. The number of nitrogens with one attached hydrogen (secondary N) is 3. The second kappa shape index (κ2) is 11.6. The highest BCUT2D eigenvalue weighted by molar-refractivity contribution is 6.05. The van der Waals surface area contributed by atoms with Gasteiger partial charge in [0.1, 0.15) is 0 Å². The van der Waals surface area contributed by atoms with Gasteiger partial charge in [0.15, 0.2) is 0 Å². The van der Waals surface area contributed by atoms with Crippen molar-refractivity contribution < 1.29 is 4.79 Å². The molecule has 3 aromatic carbocycles. The number of anilines is 4. The van der Waals surface area contributed by atoms with Gasteiger partial charge in [-0.15, -0.1) is 0 Å². The van der Waals surface area contributed by atoms with Crippen LogP contribution in [0, 0.1) is 18.3 Å². The lowest BCUT2D eigenvalue weighted by Crippen LogP contribution is -2.12. The van der Waals surface area contributed by atoms with Crippen LogP contribution in [0.25, 0.3) is 10.9 Å². The molecule has 0 aliphatic rings. The van der Waals surface area contributed by atoms with E-state index in [0.717, 1.165) is 45.6 Å². The standard InChI is InChI=1S/C30H28N6O/c1-4-23(13-15-32-3)34-24-7-9-25(10-8-24)35-30(37)22-6-12-27(20(2)17-22)36-29-14-16-33-28-11-5-21(19-31)18-26(28)29/h5-18,34H,4H2,1-3H3,(H,33,36)(H,35,37)/b23-13+,32-15?. The molecule has 0 aliphatic carbocycles. The Kier molecular flexibility index (Phi) is 7.91. The van der Waals surface area contributed by atoms with E-state index in [1.807, 2.05) is 67.6 Å². The van der Waals surface area contributed by atoms with Crippen LogP contribution in [0.2, 0.25) is 0 Å². The second-order valence-electron chi connectivity index (χ2n) is 8.47. The zero-order valence-electron chi connectivity index (χ0n) is 21.0. The normalized spacial score (nSPS) is 11.4. The van der Waals surface area contributed by atoms with Crippen molar-refractivity contribution in [2.75, 3.05) is 23.0 Å². The predicted octanol–water partition coefficient (Wildman–Crippen LogP) is 6.82. The van der Waals surface area contributed by atoms with Gasteiger partial charge in [-0.05, 0) is 91.7 Å². The van der Waals surface area contributed by atoms with Gasteiger partial charge < -0.3 is 16.0 Å². The number of aromatic nitrogens is 1. The van der Waals surface area contributed by atoms with Crippen molar-refractivity contribution in [3.8, 4) is 6.07 Å². The number of carbonyl (C=O) groups excluding carboxylic acids is 1. The van der Waals surface area contributed by atoms with Crippen molar-refractivity contribution in [2.24, 2.45) is 4.99 Å². The molecule has 0 unspecified atom stereocenters. The largest absolute Gasteiger partial charge is 0.359 e. The van der Waals surface area contributed by atoms with Gasteiger partial charge >= 0.3 is 0 Å². The van der Waals surface area contributed by atoms with Crippen LogP contribution in [0.15, 0.2) is 89.7 Å². The summed E-state index contributed by atoms with van der Waals surface area (Å²) in [5, 5.41) is 19.9. The third-order valence-electron chi connectivity index (χ3n) is 5.88. The average molecular weight is 489 g/mol. The minimum absolute atomic E-state index is 0.184. The number of aliphatic imine (C=N–C) groups is 1. The van der Waals surface area contributed by atoms with Gasteiger partial charge in [-0.1, -0.05) is 6.92 Å². The van der Waals surface area contributed by atoms with E-state index in [1.54, 1.807) is 31.6 Å². The van der Waals surface area contributed by atoms with Crippen LogP contribution in [0.1, 0.15) is 34.8 Å². The molecule has 0 radical (unpaired) electrons. The summed E-state index contributed by atoms with van der Waals surface area (Å²) in [5.74, 6) is -0.184. The first-order valence-electron chi connectivity index (χ1n) is 12.0. The Morgan fingerprint density at radius 2 is 1.76 bits per heavy atom. The summed E-state index contributed by atoms with van der Waals surface area (Å²) in [4.78, 5) is 21.3. The summed E-state index contributed by atoms with van der Waals surface area (Å²) in [6.07, 6.45) is 6.28. The van der Waals surface area contributed by atoms with E-state index in [-0.39, 0.29) is 5.91 Å². The van der Waals surface area contributed by atoms with Crippen molar-refractivity contribution in [2.45, 2.75) is 20.3 Å². The highest BCUT2D eigenvalue weighted by Gasteiger charge is 2.10. The molecular weight excluding hydrogens is 460 g/mol. The van der Waals surface area contributed by atoms with Gasteiger partial charge in [-0.2, -0.15) is 5.26 Å². The highest BCUT2D eigenvalue weighted by atomic mass is 16.1. The first-order chi connectivity index (χ1) is 18.0. The fraction of sp³-hybridized carbons (Fsp3) is 0.133. The van der Waals surface area contributed by atoms with E-state index >= 15 is 0 Å². The van der Waals surface area contributed by atoms with E-state index in [0.29, 0.717) is 16.8 Å². The maximum atomic E-state index is 12.9. The van der Waals surface area contributed by atoms with E-state index in [1.165, 1.54) is 0 Å². The van der Waals surface area contributed by atoms with Crippen LogP contribution in [-0.2, 0) is 0 Å². The fourth-order valence-corrected chi connectivity index (χ4v) is 3.85. The lowest BCUT2D eigenvalue weighted by atomic mass is 10.1. The average Bonchev–Trinajstić information content (AvgIpc) is 2.92. The Bertz CT molecular complexity index is 1530. The van der Waals surface area contributed by atoms with Gasteiger partial charge in [0.25, 0.3) is 5.91 Å². The number of pyridine rings is 1. The zero-order chi connectivity index (χ0) is 26.2. The number of benzene rings is 3. The minimum atomic E-state index is -0.184. The van der Waals surface area contributed by atoms with Gasteiger partial charge in [0.2, 0.25) is 0 Å². The first-order valence-corrected chi connectivity index (χ1v) is 12.0. The maximum Gasteiger partial charge on any atom is 0.255 e. The Labute approximate surface area is 216 Å². The van der Waals surface area contributed by atoms with Gasteiger partial charge in [-0.25, -0.2) is 0 Å². The van der Waals surface area contributed by atoms with E-state index in [2.05, 4.69) is 38.9 Å². The summed E-state index contributed by atoms with van der Waals surface area (Å²) in [7, 11) is 1.74. The lowest BCUT2D eigenvalue weighted by molar-refractivity contribution is 0.102. The zero-order valence-corrected chi connectivity index (χ0v) is 21.0. The molecule has 184 valence electrons. The molecule has 0 bridgehead atoms. The second-order valence-corrected chi connectivity index (χ2v) is 8.47. The summed E-state index contributed by atoms with van der Waals surface area (Å²) in [6.45, 7) is 4.02. The number of allylic oxidation sites excluding steroid dienone is 2. The van der Waals surface area contributed by atoms with E-state index in [4.69, 9.17) is 0 Å². The van der Waals surface area contributed by atoms with Crippen LogP contribution < -0.4 is 16.0 Å². The third kappa shape index (κ3) is 6.19. The van der Waals surface area contributed by atoms with E-state index in [9.17, 15) is 10.1 Å². The molecular formula is C30H28N6O. The first kappa shape index (κ1) is 25.1. The molecule has 7 heteroatoms. The minimum Gasteiger partial charge on any atom is -0.359 e. The molecule has 4 rings (SSSR count). The summed E-state index contributed by atoms with van der Waals surface area (Å²) in [5.41, 5.74) is 7.27. The smallest absolute Gasteiger partial charge is 0.255 e. The van der Waals surface area contributed by atoms with Crippen LogP contribution in [-0.4, -0.2) is 24.2 Å². The fourth-order valence-electron chi connectivity index (χ4n) is 3.85. The number of rotatable bonds is 8. The number of hydrogen-bond acceptors (Lipinski definition) is 6. The topological polar surface area (TPSA) is 102 Å². The molecule has 1 aromatic heterocycles. The lowest BCUT2D eigenvalue weighted by Gasteiger charge is -2.14. The molecule has 0 aliphatic heterocycles. The SMILES string of the molecule is CC/C(=C\C=NC)Nc1ccc(NC(=O)c2ccc(Nc3ccnc4ccc(C#N)cc34)c(C)c2)cc1.